The van der Waals surface area contributed by atoms with Gasteiger partial charge in [0.15, 0.2) is 0 Å². The van der Waals surface area contributed by atoms with Gasteiger partial charge < -0.3 is 4.74 Å². The zero-order valence-corrected chi connectivity index (χ0v) is 19.9. The lowest BCUT2D eigenvalue weighted by Gasteiger charge is -2.29. The van der Waals surface area contributed by atoms with E-state index >= 15 is 0 Å². The minimum atomic E-state index is -3.17. The third-order valence-electron chi connectivity index (χ3n) is 6.94. The number of hydrogen-bond donors (Lipinski definition) is 0. The molecule has 32 heavy (non-hydrogen) atoms. The highest BCUT2D eigenvalue weighted by molar-refractivity contribution is 5.26. The lowest BCUT2D eigenvalue weighted by atomic mass is 9.77. The predicted molar refractivity (Wildman–Crippen MR) is 129 cm³/mol. The van der Waals surface area contributed by atoms with Crippen LogP contribution in [0.4, 0.5) is 8.78 Å². The second kappa shape index (κ2) is 12.5. The lowest BCUT2D eigenvalue weighted by Crippen LogP contribution is -2.23. The molecule has 1 aliphatic carbocycles. The fraction of sp³-hybridized carbons (Fsp3) is 0.586. The van der Waals surface area contributed by atoms with E-state index in [9.17, 15) is 8.78 Å². The number of benzene rings is 2. The summed E-state index contributed by atoms with van der Waals surface area (Å²) in [4.78, 5) is 0. The maximum atomic E-state index is 14.3. The van der Waals surface area contributed by atoms with Gasteiger partial charge >= 0.3 is 6.11 Å². The van der Waals surface area contributed by atoms with Gasteiger partial charge in [0.2, 0.25) is 0 Å². The van der Waals surface area contributed by atoms with Crippen molar-refractivity contribution in [2.24, 2.45) is 5.92 Å². The Hall–Kier alpha value is -1.74. The van der Waals surface area contributed by atoms with Gasteiger partial charge in [-0.05, 0) is 66.2 Å². The number of ether oxygens (including phenoxy) is 1. The van der Waals surface area contributed by atoms with Crippen molar-refractivity contribution < 1.29 is 13.5 Å². The molecule has 1 saturated carbocycles. The Morgan fingerprint density at radius 1 is 0.781 bits per heavy atom. The third-order valence-corrected chi connectivity index (χ3v) is 6.94. The molecule has 1 fully saturated rings. The Bertz CT molecular complexity index is 774. The SMILES string of the molecule is CCCCCC1CCC(c2ccc(COC(F)(F)Cc3ccc(CCC)cc3)cc2)CC1. The summed E-state index contributed by atoms with van der Waals surface area (Å²) in [6.45, 7) is 4.31. The number of hydrogen-bond acceptors (Lipinski definition) is 1. The minimum Gasteiger partial charge on any atom is -0.315 e. The lowest BCUT2D eigenvalue weighted by molar-refractivity contribution is -0.244. The molecule has 0 aliphatic heterocycles. The molecule has 0 bridgehead atoms. The van der Waals surface area contributed by atoms with Crippen LogP contribution in [0.15, 0.2) is 48.5 Å². The van der Waals surface area contributed by atoms with Crippen molar-refractivity contribution in [1.29, 1.82) is 0 Å². The Balaban J connectivity index is 1.44. The van der Waals surface area contributed by atoms with Crippen LogP contribution in [0.25, 0.3) is 0 Å². The van der Waals surface area contributed by atoms with E-state index in [1.54, 1.807) is 12.1 Å². The zero-order valence-electron chi connectivity index (χ0n) is 19.9. The molecular formula is C29H40F2O. The molecule has 1 aliphatic rings. The monoisotopic (exact) mass is 442 g/mol. The highest BCUT2D eigenvalue weighted by atomic mass is 19.3. The highest BCUT2D eigenvalue weighted by Gasteiger charge is 2.30. The fourth-order valence-corrected chi connectivity index (χ4v) is 4.94. The molecular weight excluding hydrogens is 402 g/mol. The first-order valence-electron chi connectivity index (χ1n) is 12.7. The second-order valence-electron chi connectivity index (χ2n) is 9.62. The summed E-state index contributed by atoms with van der Waals surface area (Å²) in [5, 5.41) is 0. The molecule has 0 spiro atoms. The van der Waals surface area contributed by atoms with E-state index in [0.717, 1.165) is 24.3 Å². The van der Waals surface area contributed by atoms with E-state index in [-0.39, 0.29) is 13.0 Å². The molecule has 1 nitrogen and oxygen atoms in total. The van der Waals surface area contributed by atoms with Gasteiger partial charge in [0.05, 0.1) is 13.0 Å². The van der Waals surface area contributed by atoms with Crippen molar-refractivity contribution in [2.45, 2.75) is 103 Å². The van der Waals surface area contributed by atoms with Crippen molar-refractivity contribution in [3.63, 3.8) is 0 Å². The van der Waals surface area contributed by atoms with Gasteiger partial charge in [-0.1, -0.05) is 94.5 Å². The van der Waals surface area contributed by atoms with Gasteiger partial charge in [0, 0.05) is 0 Å². The molecule has 0 heterocycles. The molecule has 0 radical (unpaired) electrons. The quantitative estimate of drug-likeness (QED) is 0.298. The van der Waals surface area contributed by atoms with Gasteiger partial charge in [0.1, 0.15) is 0 Å². The topological polar surface area (TPSA) is 9.23 Å². The van der Waals surface area contributed by atoms with Crippen LogP contribution in [0.5, 0.6) is 0 Å². The average Bonchev–Trinajstić information content (AvgIpc) is 2.80. The molecule has 0 aromatic heterocycles. The smallest absolute Gasteiger partial charge is 0.315 e. The van der Waals surface area contributed by atoms with Crippen molar-refractivity contribution in [2.75, 3.05) is 0 Å². The van der Waals surface area contributed by atoms with E-state index < -0.39 is 6.11 Å². The first kappa shape index (κ1) is 24.9. The molecule has 2 aromatic carbocycles. The van der Waals surface area contributed by atoms with Gasteiger partial charge in [-0.25, -0.2) is 0 Å². The van der Waals surface area contributed by atoms with Crippen molar-refractivity contribution in [3.05, 3.63) is 70.8 Å². The predicted octanol–water partition coefficient (Wildman–Crippen LogP) is 8.85. The molecule has 0 N–H and O–H groups in total. The van der Waals surface area contributed by atoms with Gasteiger partial charge in [-0.3, -0.25) is 0 Å². The molecule has 176 valence electrons. The van der Waals surface area contributed by atoms with Crippen LogP contribution in [0.1, 0.15) is 99.8 Å². The Morgan fingerprint density at radius 2 is 1.41 bits per heavy atom. The Labute approximate surface area is 193 Å². The maximum Gasteiger partial charge on any atom is 0.360 e. The van der Waals surface area contributed by atoms with E-state index in [4.69, 9.17) is 4.74 Å². The first-order chi connectivity index (χ1) is 15.5. The molecule has 3 rings (SSSR count). The summed E-state index contributed by atoms with van der Waals surface area (Å²) in [6.07, 6.45) is 9.03. The van der Waals surface area contributed by atoms with Crippen molar-refractivity contribution in [1.82, 2.24) is 0 Å². The Kier molecular flexibility index (Phi) is 9.71. The normalized spacial score (nSPS) is 19.2. The van der Waals surface area contributed by atoms with E-state index in [1.807, 2.05) is 24.3 Å². The zero-order chi connectivity index (χ0) is 22.8. The van der Waals surface area contributed by atoms with Crippen LogP contribution in [0.3, 0.4) is 0 Å². The number of aryl methyl sites for hydroxylation is 1. The van der Waals surface area contributed by atoms with Crippen LogP contribution in [0, 0.1) is 5.92 Å². The number of alkyl halides is 2. The first-order valence-corrected chi connectivity index (χ1v) is 12.7. The van der Waals surface area contributed by atoms with E-state index in [0.29, 0.717) is 11.5 Å². The molecule has 0 saturated heterocycles. The number of unbranched alkanes of at least 4 members (excludes halogenated alkanes) is 2. The second-order valence-corrected chi connectivity index (χ2v) is 9.62. The van der Waals surface area contributed by atoms with E-state index in [2.05, 4.69) is 26.0 Å². The summed E-state index contributed by atoms with van der Waals surface area (Å²) >= 11 is 0. The van der Waals surface area contributed by atoms with E-state index in [1.165, 1.54) is 62.5 Å². The van der Waals surface area contributed by atoms with Gasteiger partial charge in [0.25, 0.3) is 0 Å². The summed E-state index contributed by atoms with van der Waals surface area (Å²) in [7, 11) is 0. The molecule has 0 unspecified atom stereocenters. The standard InChI is InChI=1S/C29H40F2O/c1-3-5-6-8-24-13-17-27(18-14-24)28-19-15-26(16-20-28)22-32-29(30,31)21-25-11-9-23(7-4-2)10-12-25/h9-12,15-16,19-20,24,27H,3-8,13-14,17-18,21-22H2,1-2H3. The largest absolute Gasteiger partial charge is 0.360 e. The van der Waals surface area contributed by atoms with Crippen molar-refractivity contribution in [3.8, 4) is 0 Å². The van der Waals surface area contributed by atoms with Crippen LogP contribution in [0.2, 0.25) is 0 Å². The summed E-state index contributed by atoms with van der Waals surface area (Å²) in [6, 6.07) is 15.6. The maximum absolute atomic E-state index is 14.3. The van der Waals surface area contributed by atoms with Gasteiger partial charge in [-0.2, -0.15) is 8.78 Å². The minimum absolute atomic E-state index is 0.0641. The van der Waals surface area contributed by atoms with Crippen LogP contribution < -0.4 is 0 Å². The number of halogens is 2. The molecule has 0 atom stereocenters. The summed E-state index contributed by atoms with van der Waals surface area (Å²) in [5.74, 6) is 1.51. The summed E-state index contributed by atoms with van der Waals surface area (Å²) in [5.41, 5.74) is 3.95. The third kappa shape index (κ3) is 7.99. The van der Waals surface area contributed by atoms with Crippen LogP contribution in [-0.4, -0.2) is 6.11 Å². The average molecular weight is 443 g/mol. The highest BCUT2D eigenvalue weighted by Crippen LogP contribution is 2.38. The van der Waals surface area contributed by atoms with Crippen LogP contribution >= 0.6 is 0 Å². The Morgan fingerprint density at radius 3 is 2.03 bits per heavy atom. The molecule has 2 aromatic rings. The summed E-state index contributed by atoms with van der Waals surface area (Å²) < 4.78 is 33.7. The number of rotatable bonds is 12. The fourth-order valence-electron chi connectivity index (χ4n) is 4.94. The van der Waals surface area contributed by atoms with Crippen molar-refractivity contribution >= 4 is 0 Å². The van der Waals surface area contributed by atoms with Crippen LogP contribution in [-0.2, 0) is 24.2 Å². The van der Waals surface area contributed by atoms with Gasteiger partial charge in [-0.15, -0.1) is 0 Å². The molecule has 3 heteroatoms. The molecule has 0 amide bonds.